The third-order valence-corrected chi connectivity index (χ3v) is 5.45. The van der Waals surface area contributed by atoms with E-state index in [-0.39, 0.29) is 12.0 Å². The number of hydrogen-bond donors (Lipinski definition) is 1. The van der Waals surface area contributed by atoms with Crippen molar-refractivity contribution in [3.05, 3.63) is 83.9 Å². The lowest BCUT2D eigenvalue weighted by Gasteiger charge is -2.30. The van der Waals surface area contributed by atoms with Gasteiger partial charge in [-0.05, 0) is 49.1 Å². The van der Waals surface area contributed by atoms with Crippen LogP contribution in [0.3, 0.4) is 0 Å². The van der Waals surface area contributed by atoms with Crippen LogP contribution in [0.15, 0.2) is 72.8 Å². The highest BCUT2D eigenvalue weighted by molar-refractivity contribution is 5.65. The van der Waals surface area contributed by atoms with Gasteiger partial charge in [0, 0.05) is 19.5 Å². The third kappa shape index (κ3) is 8.25. The maximum absolute atomic E-state index is 11.0. The Morgan fingerprint density at radius 2 is 1.59 bits per heavy atom. The summed E-state index contributed by atoms with van der Waals surface area (Å²) in [5.74, 6) is 0.644. The van der Waals surface area contributed by atoms with Crippen molar-refractivity contribution >= 4 is 5.97 Å². The van der Waals surface area contributed by atoms with E-state index in [9.17, 15) is 4.79 Å². The molecule has 0 radical (unpaired) electrons. The number of carbonyl (C=O) groups excluding carboxylic acids is 1. The molecule has 0 aliphatic rings. The van der Waals surface area contributed by atoms with Gasteiger partial charge in [-0.3, -0.25) is 4.79 Å². The molecule has 156 valence electrons. The summed E-state index contributed by atoms with van der Waals surface area (Å²) in [5, 5.41) is 3.79. The van der Waals surface area contributed by atoms with Crippen LogP contribution >= 0.6 is 0 Å². The molecule has 0 bridgehead atoms. The zero-order chi connectivity index (χ0) is 21.1. The monoisotopic (exact) mass is 393 g/mol. The maximum Gasteiger partial charge on any atom is 0.302 e. The Bertz CT molecular complexity index is 742. The largest absolute Gasteiger partial charge is 0.466 e. The lowest BCUT2D eigenvalue weighted by molar-refractivity contribution is -0.141. The summed E-state index contributed by atoms with van der Waals surface area (Å²) in [5.41, 5.74) is 3.78. The lowest BCUT2D eigenvalue weighted by atomic mass is 9.82. The van der Waals surface area contributed by atoms with Gasteiger partial charge in [-0.1, -0.05) is 79.7 Å². The summed E-state index contributed by atoms with van der Waals surface area (Å²) in [6.45, 7) is 11.5. The number of nitrogens with one attached hydrogen (secondary N) is 1. The van der Waals surface area contributed by atoms with Crippen LogP contribution in [0, 0.1) is 11.8 Å². The van der Waals surface area contributed by atoms with E-state index in [4.69, 9.17) is 4.74 Å². The van der Waals surface area contributed by atoms with Crippen LogP contribution in [-0.2, 0) is 16.1 Å². The van der Waals surface area contributed by atoms with E-state index < -0.39 is 0 Å². The van der Waals surface area contributed by atoms with Gasteiger partial charge in [-0.15, -0.1) is 0 Å². The zero-order valence-electron chi connectivity index (χ0n) is 18.1. The molecule has 0 aromatic heterocycles. The number of ether oxygens (including phenoxy) is 1. The van der Waals surface area contributed by atoms with Crippen molar-refractivity contribution in [2.45, 2.75) is 52.6 Å². The summed E-state index contributed by atoms with van der Waals surface area (Å²) in [4.78, 5) is 11.0. The molecule has 1 N–H and O–H groups in total. The first kappa shape index (κ1) is 22.9. The molecule has 0 spiro atoms. The van der Waals surface area contributed by atoms with Crippen molar-refractivity contribution in [2.75, 3.05) is 6.61 Å². The highest BCUT2D eigenvalue weighted by atomic mass is 16.5. The van der Waals surface area contributed by atoms with Gasteiger partial charge in [0.2, 0.25) is 0 Å². The van der Waals surface area contributed by atoms with Crippen molar-refractivity contribution in [1.82, 2.24) is 5.32 Å². The van der Waals surface area contributed by atoms with E-state index in [1.54, 1.807) is 0 Å². The predicted molar refractivity (Wildman–Crippen MR) is 120 cm³/mol. The molecule has 29 heavy (non-hydrogen) atoms. The average molecular weight is 394 g/mol. The molecule has 3 nitrogen and oxygen atoms in total. The number of benzene rings is 2. The summed E-state index contributed by atoms with van der Waals surface area (Å²) in [6.07, 6.45) is 3.03. The quantitative estimate of drug-likeness (QED) is 0.351. The maximum atomic E-state index is 11.0. The molecule has 0 saturated heterocycles. The molecule has 2 rings (SSSR count). The fourth-order valence-corrected chi connectivity index (χ4v) is 3.69. The first-order valence-electron chi connectivity index (χ1n) is 10.6. The second-order valence-electron chi connectivity index (χ2n) is 8.02. The molecule has 2 aromatic carbocycles. The van der Waals surface area contributed by atoms with Gasteiger partial charge in [-0.2, -0.15) is 0 Å². The zero-order valence-corrected chi connectivity index (χ0v) is 18.1. The Balaban J connectivity index is 2.05. The Hall–Kier alpha value is -2.39. The minimum atomic E-state index is -0.203. The Morgan fingerprint density at radius 3 is 2.17 bits per heavy atom. The summed E-state index contributed by atoms with van der Waals surface area (Å²) < 4.78 is 5.10. The van der Waals surface area contributed by atoms with E-state index in [0.29, 0.717) is 18.4 Å². The van der Waals surface area contributed by atoms with Gasteiger partial charge in [0.15, 0.2) is 0 Å². The number of rotatable bonds is 12. The number of hydrogen-bond acceptors (Lipinski definition) is 3. The van der Waals surface area contributed by atoms with Gasteiger partial charge in [-0.25, -0.2) is 0 Å². The molecule has 0 aliphatic heterocycles. The molecule has 0 aliphatic carbocycles. The summed E-state index contributed by atoms with van der Waals surface area (Å²) >= 11 is 0. The molecule has 3 unspecified atom stereocenters. The van der Waals surface area contributed by atoms with Crippen molar-refractivity contribution in [3.8, 4) is 0 Å². The second kappa shape index (κ2) is 12.2. The average Bonchev–Trinajstić information content (AvgIpc) is 2.71. The van der Waals surface area contributed by atoms with E-state index in [2.05, 4.69) is 80.3 Å². The molecular weight excluding hydrogens is 358 g/mol. The normalized spacial score (nSPS) is 14.0. The van der Waals surface area contributed by atoms with E-state index in [1.807, 2.05) is 6.07 Å². The van der Waals surface area contributed by atoms with Gasteiger partial charge >= 0.3 is 5.97 Å². The van der Waals surface area contributed by atoms with Gasteiger partial charge in [0.05, 0.1) is 6.61 Å². The molecule has 0 amide bonds. The van der Waals surface area contributed by atoms with Crippen LogP contribution in [0.2, 0.25) is 0 Å². The van der Waals surface area contributed by atoms with Gasteiger partial charge in [0.1, 0.15) is 0 Å². The fourth-order valence-electron chi connectivity index (χ4n) is 3.69. The molecular formula is C26H35NO2. The van der Waals surface area contributed by atoms with Crippen LogP contribution in [0.5, 0.6) is 0 Å². The van der Waals surface area contributed by atoms with Gasteiger partial charge in [0.25, 0.3) is 0 Å². The molecule has 3 atom stereocenters. The summed E-state index contributed by atoms with van der Waals surface area (Å²) in [7, 11) is 0. The topological polar surface area (TPSA) is 38.3 Å². The minimum absolute atomic E-state index is 0.203. The minimum Gasteiger partial charge on any atom is -0.466 e. The Kier molecular flexibility index (Phi) is 9.66. The van der Waals surface area contributed by atoms with Crippen molar-refractivity contribution in [3.63, 3.8) is 0 Å². The highest BCUT2D eigenvalue weighted by Gasteiger charge is 2.24. The first-order chi connectivity index (χ1) is 14.0. The van der Waals surface area contributed by atoms with Crippen LogP contribution in [-0.4, -0.2) is 12.6 Å². The summed E-state index contributed by atoms with van der Waals surface area (Å²) in [6, 6.07) is 21.4. The van der Waals surface area contributed by atoms with Crippen molar-refractivity contribution in [1.29, 1.82) is 0 Å². The highest BCUT2D eigenvalue weighted by Crippen LogP contribution is 2.33. The van der Waals surface area contributed by atoms with Crippen LogP contribution in [0.25, 0.3) is 0 Å². The smallest absolute Gasteiger partial charge is 0.302 e. The molecule has 0 fully saturated rings. The number of carbonyl (C=O) groups is 1. The van der Waals surface area contributed by atoms with E-state index in [1.165, 1.54) is 23.6 Å². The van der Waals surface area contributed by atoms with Crippen LogP contribution in [0.4, 0.5) is 0 Å². The molecule has 0 heterocycles. The van der Waals surface area contributed by atoms with Crippen LogP contribution in [0.1, 0.15) is 57.2 Å². The molecule has 2 aromatic rings. The standard InChI is InChI=1S/C26H35NO2/c1-20(2)25(16-15-21(3)17-18-29-22(4)28)26(24-13-9-6-10-14-24)27-19-23-11-7-5-8-12-23/h5-14,21,25-27H,1,15-19H2,2-4H3. The molecule has 0 saturated carbocycles. The lowest BCUT2D eigenvalue weighted by Crippen LogP contribution is -2.29. The SMILES string of the molecule is C=C(C)C(CCC(C)CCOC(C)=O)C(NCc1ccccc1)c1ccccc1. The van der Waals surface area contributed by atoms with E-state index in [0.717, 1.165) is 25.8 Å². The Labute approximate surface area is 176 Å². The first-order valence-corrected chi connectivity index (χ1v) is 10.6. The van der Waals surface area contributed by atoms with E-state index >= 15 is 0 Å². The van der Waals surface area contributed by atoms with Gasteiger partial charge < -0.3 is 10.1 Å². The Morgan fingerprint density at radius 1 is 0.966 bits per heavy atom. The predicted octanol–water partition coefficient (Wildman–Crippen LogP) is 6.08. The molecule has 3 heteroatoms. The fraction of sp³-hybridized carbons (Fsp3) is 0.423. The van der Waals surface area contributed by atoms with Crippen molar-refractivity contribution < 1.29 is 9.53 Å². The number of esters is 1. The van der Waals surface area contributed by atoms with Crippen LogP contribution < -0.4 is 5.32 Å². The second-order valence-corrected chi connectivity index (χ2v) is 8.02. The van der Waals surface area contributed by atoms with Crippen molar-refractivity contribution in [2.24, 2.45) is 11.8 Å². The third-order valence-electron chi connectivity index (χ3n) is 5.45.